The SMILES string of the molecule is COc1cc(C(=O)OCc2ccc(Cl)c(F)c2)ccc1N. The van der Waals surface area contributed by atoms with Gasteiger partial charge in [-0.25, -0.2) is 9.18 Å². The molecule has 0 aliphatic rings. The first-order valence-electron chi connectivity index (χ1n) is 6.06. The van der Waals surface area contributed by atoms with E-state index in [2.05, 4.69) is 0 Å². The second-order valence-corrected chi connectivity index (χ2v) is 4.69. The minimum absolute atomic E-state index is 0.0216. The van der Waals surface area contributed by atoms with Crippen LogP contribution in [0.5, 0.6) is 5.75 Å². The number of rotatable bonds is 4. The fourth-order valence-corrected chi connectivity index (χ4v) is 1.82. The van der Waals surface area contributed by atoms with Crippen molar-refractivity contribution in [3.8, 4) is 5.75 Å². The van der Waals surface area contributed by atoms with Crippen molar-refractivity contribution in [1.29, 1.82) is 0 Å². The molecule has 0 radical (unpaired) electrons. The Hall–Kier alpha value is -2.27. The molecule has 6 heteroatoms. The van der Waals surface area contributed by atoms with Crippen molar-refractivity contribution in [3.63, 3.8) is 0 Å². The van der Waals surface area contributed by atoms with Crippen LogP contribution < -0.4 is 10.5 Å². The van der Waals surface area contributed by atoms with Gasteiger partial charge in [-0.05, 0) is 35.9 Å². The first kappa shape index (κ1) is 15.1. The highest BCUT2D eigenvalue weighted by Crippen LogP contribution is 2.23. The van der Waals surface area contributed by atoms with Crippen LogP contribution >= 0.6 is 11.6 Å². The van der Waals surface area contributed by atoms with Gasteiger partial charge in [0.1, 0.15) is 18.2 Å². The fourth-order valence-electron chi connectivity index (χ4n) is 1.70. The van der Waals surface area contributed by atoms with E-state index in [1.165, 1.54) is 31.4 Å². The number of ether oxygens (including phenoxy) is 2. The fraction of sp³-hybridized carbons (Fsp3) is 0.133. The zero-order chi connectivity index (χ0) is 15.4. The van der Waals surface area contributed by atoms with Crippen LogP contribution in [0.1, 0.15) is 15.9 Å². The van der Waals surface area contributed by atoms with Crippen molar-refractivity contribution >= 4 is 23.3 Å². The number of anilines is 1. The predicted octanol–water partition coefficient (Wildman–Crippen LogP) is 3.43. The van der Waals surface area contributed by atoms with E-state index in [-0.39, 0.29) is 11.6 Å². The molecule has 0 saturated carbocycles. The Morgan fingerprint density at radius 3 is 2.71 bits per heavy atom. The maximum absolute atomic E-state index is 13.3. The number of benzene rings is 2. The van der Waals surface area contributed by atoms with E-state index in [4.69, 9.17) is 26.8 Å². The Kier molecular flexibility index (Phi) is 4.65. The molecule has 21 heavy (non-hydrogen) atoms. The Labute approximate surface area is 126 Å². The van der Waals surface area contributed by atoms with E-state index >= 15 is 0 Å². The summed E-state index contributed by atoms with van der Waals surface area (Å²) < 4.78 is 23.4. The van der Waals surface area contributed by atoms with Crippen molar-refractivity contribution < 1.29 is 18.7 Å². The van der Waals surface area contributed by atoms with Crippen LogP contribution in [0, 0.1) is 5.82 Å². The summed E-state index contributed by atoms with van der Waals surface area (Å²) in [6, 6.07) is 8.79. The van der Waals surface area contributed by atoms with Crippen LogP contribution in [0.4, 0.5) is 10.1 Å². The van der Waals surface area contributed by atoms with Gasteiger partial charge in [0.05, 0.1) is 23.4 Å². The van der Waals surface area contributed by atoms with Crippen molar-refractivity contribution in [2.75, 3.05) is 12.8 Å². The number of nitrogens with two attached hydrogens (primary N) is 1. The van der Waals surface area contributed by atoms with Gasteiger partial charge in [0.25, 0.3) is 0 Å². The molecule has 0 saturated heterocycles. The van der Waals surface area contributed by atoms with E-state index in [1.807, 2.05) is 0 Å². The van der Waals surface area contributed by atoms with Crippen LogP contribution in [0.3, 0.4) is 0 Å². The number of hydrogen-bond donors (Lipinski definition) is 1. The molecule has 0 aliphatic heterocycles. The summed E-state index contributed by atoms with van der Waals surface area (Å²) in [5.41, 5.74) is 6.90. The van der Waals surface area contributed by atoms with E-state index in [1.54, 1.807) is 12.1 Å². The van der Waals surface area contributed by atoms with Gasteiger partial charge in [-0.3, -0.25) is 0 Å². The summed E-state index contributed by atoms with van der Waals surface area (Å²) in [6.45, 7) is -0.0559. The van der Waals surface area contributed by atoms with Gasteiger partial charge in [0.15, 0.2) is 0 Å². The average Bonchev–Trinajstić information content (AvgIpc) is 2.48. The number of halogens is 2. The molecule has 0 spiro atoms. The molecule has 0 amide bonds. The highest BCUT2D eigenvalue weighted by atomic mass is 35.5. The number of esters is 1. The Bertz CT molecular complexity index is 676. The van der Waals surface area contributed by atoms with Crippen LogP contribution in [-0.4, -0.2) is 13.1 Å². The largest absolute Gasteiger partial charge is 0.495 e. The lowest BCUT2D eigenvalue weighted by atomic mass is 10.2. The molecule has 110 valence electrons. The van der Waals surface area contributed by atoms with Crippen molar-refractivity contribution in [1.82, 2.24) is 0 Å². The molecule has 0 aliphatic carbocycles. The molecule has 0 atom stereocenters. The number of methoxy groups -OCH3 is 1. The van der Waals surface area contributed by atoms with Gasteiger partial charge in [-0.1, -0.05) is 17.7 Å². The summed E-state index contributed by atoms with van der Waals surface area (Å²) in [5, 5.41) is 0.0216. The first-order valence-corrected chi connectivity index (χ1v) is 6.43. The van der Waals surface area contributed by atoms with Gasteiger partial charge in [0, 0.05) is 0 Å². The van der Waals surface area contributed by atoms with Crippen molar-refractivity contribution in [2.24, 2.45) is 0 Å². The van der Waals surface area contributed by atoms with E-state index in [0.29, 0.717) is 22.6 Å². The molecule has 4 nitrogen and oxygen atoms in total. The molecule has 0 aromatic heterocycles. The Balaban J connectivity index is 2.06. The molecule has 0 fully saturated rings. The quantitative estimate of drug-likeness (QED) is 0.694. The van der Waals surface area contributed by atoms with Crippen LogP contribution in [0.25, 0.3) is 0 Å². The summed E-state index contributed by atoms with van der Waals surface area (Å²) >= 11 is 5.58. The van der Waals surface area contributed by atoms with Gasteiger partial charge in [0.2, 0.25) is 0 Å². The second kappa shape index (κ2) is 6.45. The molecule has 0 heterocycles. The first-order chi connectivity index (χ1) is 10.0. The number of hydrogen-bond acceptors (Lipinski definition) is 4. The van der Waals surface area contributed by atoms with Crippen LogP contribution in [0.2, 0.25) is 5.02 Å². The lowest BCUT2D eigenvalue weighted by molar-refractivity contribution is 0.0472. The molecular formula is C15H13ClFNO3. The zero-order valence-electron chi connectivity index (χ0n) is 11.2. The third-order valence-electron chi connectivity index (χ3n) is 2.82. The maximum atomic E-state index is 13.3. The smallest absolute Gasteiger partial charge is 0.338 e. The summed E-state index contributed by atoms with van der Waals surface area (Å²) in [5.74, 6) is -0.718. The third-order valence-corrected chi connectivity index (χ3v) is 3.13. The number of carbonyl (C=O) groups is 1. The van der Waals surface area contributed by atoms with E-state index in [9.17, 15) is 9.18 Å². The summed E-state index contributed by atoms with van der Waals surface area (Å²) in [4.78, 5) is 11.9. The Morgan fingerprint density at radius 1 is 1.29 bits per heavy atom. The molecular weight excluding hydrogens is 297 g/mol. The number of carbonyl (C=O) groups excluding carboxylic acids is 1. The number of nitrogen functional groups attached to an aromatic ring is 1. The van der Waals surface area contributed by atoms with Gasteiger partial charge >= 0.3 is 5.97 Å². The monoisotopic (exact) mass is 309 g/mol. The molecule has 0 unspecified atom stereocenters. The van der Waals surface area contributed by atoms with Crippen LogP contribution in [-0.2, 0) is 11.3 Å². The minimum Gasteiger partial charge on any atom is -0.495 e. The third kappa shape index (κ3) is 3.64. The molecule has 2 N–H and O–H groups in total. The lowest BCUT2D eigenvalue weighted by Gasteiger charge is -2.08. The molecule has 2 aromatic rings. The van der Waals surface area contributed by atoms with Crippen molar-refractivity contribution in [2.45, 2.75) is 6.61 Å². The van der Waals surface area contributed by atoms with Gasteiger partial charge in [-0.15, -0.1) is 0 Å². The summed E-state index contributed by atoms with van der Waals surface area (Å²) in [6.07, 6.45) is 0. The topological polar surface area (TPSA) is 61.5 Å². The maximum Gasteiger partial charge on any atom is 0.338 e. The van der Waals surface area contributed by atoms with Crippen molar-refractivity contribution in [3.05, 3.63) is 58.4 Å². The normalized spacial score (nSPS) is 10.2. The average molecular weight is 310 g/mol. The Morgan fingerprint density at radius 2 is 2.05 bits per heavy atom. The highest BCUT2D eigenvalue weighted by molar-refractivity contribution is 6.30. The molecule has 2 aromatic carbocycles. The highest BCUT2D eigenvalue weighted by Gasteiger charge is 2.11. The van der Waals surface area contributed by atoms with Crippen LogP contribution in [0.15, 0.2) is 36.4 Å². The van der Waals surface area contributed by atoms with E-state index < -0.39 is 11.8 Å². The minimum atomic E-state index is -0.556. The molecule has 2 rings (SSSR count). The standard InChI is InChI=1S/C15H13ClFNO3/c1-20-14-7-10(3-5-13(14)18)15(19)21-8-9-2-4-11(16)12(17)6-9/h2-7H,8,18H2,1H3. The molecule has 0 bridgehead atoms. The lowest BCUT2D eigenvalue weighted by Crippen LogP contribution is -2.06. The predicted molar refractivity (Wildman–Crippen MR) is 77.9 cm³/mol. The zero-order valence-corrected chi connectivity index (χ0v) is 12.0. The second-order valence-electron chi connectivity index (χ2n) is 4.28. The van der Waals surface area contributed by atoms with Gasteiger partial charge in [-0.2, -0.15) is 0 Å². The van der Waals surface area contributed by atoms with Gasteiger partial charge < -0.3 is 15.2 Å². The van der Waals surface area contributed by atoms with E-state index in [0.717, 1.165) is 0 Å². The summed E-state index contributed by atoms with van der Waals surface area (Å²) in [7, 11) is 1.46.